The zero-order valence-corrected chi connectivity index (χ0v) is 14.9. The lowest BCUT2D eigenvalue weighted by Gasteiger charge is -2.45. The van der Waals surface area contributed by atoms with Crippen LogP contribution in [0.3, 0.4) is 0 Å². The van der Waals surface area contributed by atoms with Crippen LogP contribution in [0.4, 0.5) is 0 Å². The molecule has 0 unspecified atom stereocenters. The van der Waals surface area contributed by atoms with E-state index in [-0.39, 0.29) is 0 Å². The first-order valence-electron chi connectivity index (χ1n) is 9.39. The molecule has 0 atom stereocenters. The van der Waals surface area contributed by atoms with Gasteiger partial charge in [0.15, 0.2) is 0 Å². The fourth-order valence-electron chi connectivity index (χ4n) is 3.49. The molecule has 2 aromatic carbocycles. The van der Waals surface area contributed by atoms with Gasteiger partial charge in [0.1, 0.15) is 0 Å². The van der Waals surface area contributed by atoms with E-state index in [1.807, 2.05) is 0 Å². The van der Waals surface area contributed by atoms with Gasteiger partial charge in [-0.2, -0.15) is 0 Å². The Bertz CT molecular complexity index is 534. The van der Waals surface area contributed by atoms with Gasteiger partial charge in [-0.25, -0.2) is 0 Å². The third-order valence-electron chi connectivity index (χ3n) is 4.99. The average Bonchev–Trinajstić information content (AvgIpc) is 2.58. The van der Waals surface area contributed by atoms with E-state index in [2.05, 4.69) is 77.4 Å². The predicted octanol–water partition coefficient (Wildman–Crippen LogP) is 4.56. The number of nitrogens with zero attached hydrogens (tertiary/aromatic N) is 2. The van der Waals surface area contributed by atoms with Crippen LogP contribution in [-0.4, -0.2) is 35.5 Å². The molecule has 0 aromatic heterocycles. The quantitative estimate of drug-likeness (QED) is 0.624. The van der Waals surface area contributed by atoms with Crippen molar-refractivity contribution in [3.63, 3.8) is 0 Å². The fraction of sp³-hybridized carbons (Fsp3) is 0.455. The molecule has 24 heavy (non-hydrogen) atoms. The van der Waals surface area contributed by atoms with Crippen LogP contribution in [0.1, 0.15) is 37.3 Å². The van der Waals surface area contributed by atoms with Gasteiger partial charge in [0.2, 0.25) is 0 Å². The molecular weight excluding hydrogens is 292 g/mol. The molecule has 1 saturated heterocycles. The van der Waals surface area contributed by atoms with Crippen molar-refractivity contribution in [2.75, 3.05) is 19.6 Å². The standard InChI is InChI=1S/C22H30N2/c1-2-3-10-15-23-18-22(19-23)24(16-20-11-6-4-7-12-20)17-21-13-8-5-9-14-21/h4-9,11-14,22H,2-3,10,15-19H2,1H3. The van der Waals surface area contributed by atoms with E-state index >= 15 is 0 Å². The van der Waals surface area contributed by atoms with Gasteiger partial charge in [0, 0.05) is 32.2 Å². The second-order valence-electron chi connectivity index (χ2n) is 7.00. The van der Waals surface area contributed by atoms with Crippen LogP contribution in [-0.2, 0) is 13.1 Å². The lowest BCUT2D eigenvalue weighted by Crippen LogP contribution is -2.58. The molecule has 2 aromatic rings. The third-order valence-corrected chi connectivity index (χ3v) is 4.99. The summed E-state index contributed by atoms with van der Waals surface area (Å²) in [6.07, 6.45) is 4.02. The van der Waals surface area contributed by atoms with Crippen molar-refractivity contribution < 1.29 is 0 Å². The minimum absolute atomic E-state index is 0.687. The number of hydrogen-bond acceptors (Lipinski definition) is 2. The van der Waals surface area contributed by atoms with Crippen LogP contribution in [0.25, 0.3) is 0 Å². The zero-order chi connectivity index (χ0) is 16.6. The van der Waals surface area contributed by atoms with Crippen LogP contribution in [0.15, 0.2) is 60.7 Å². The Morgan fingerprint density at radius 1 is 0.833 bits per heavy atom. The molecule has 2 nitrogen and oxygen atoms in total. The van der Waals surface area contributed by atoms with Gasteiger partial charge >= 0.3 is 0 Å². The molecule has 1 heterocycles. The maximum absolute atomic E-state index is 2.65. The predicted molar refractivity (Wildman–Crippen MR) is 102 cm³/mol. The van der Waals surface area contributed by atoms with E-state index in [1.165, 1.54) is 50.0 Å². The lowest BCUT2D eigenvalue weighted by molar-refractivity contribution is 0.0231. The van der Waals surface area contributed by atoms with Crippen molar-refractivity contribution in [3.8, 4) is 0 Å². The van der Waals surface area contributed by atoms with E-state index in [9.17, 15) is 0 Å². The molecule has 1 aliphatic rings. The molecule has 0 radical (unpaired) electrons. The van der Waals surface area contributed by atoms with E-state index < -0.39 is 0 Å². The number of benzene rings is 2. The summed E-state index contributed by atoms with van der Waals surface area (Å²) in [5, 5.41) is 0. The molecule has 0 bridgehead atoms. The first-order chi connectivity index (χ1) is 11.8. The third kappa shape index (κ3) is 4.93. The molecule has 0 amide bonds. The Kier molecular flexibility index (Phi) is 6.45. The number of rotatable bonds is 9. The highest BCUT2D eigenvalue weighted by Gasteiger charge is 2.31. The minimum Gasteiger partial charge on any atom is -0.300 e. The summed E-state index contributed by atoms with van der Waals surface area (Å²) >= 11 is 0. The molecular formula is C22H30N2. The lowest BCUT2D eigenvalue weighted by atomic mass is 10.0. The summed E-state index contributed by atoms with van der Waals surface area (Å²) in [4.78, 5) is 5.27. The fourth-order valence-corrected chi connectivity index (χ4v) is 3.49. The molecule has 0 N–H and O–H groups in total. The smallest absolute Gasteiger partial charge is 0.0357 e. The van der Waals surface area contributed by atoms with Gasteiger partial charge in [0.05, 0.1) is 0 Å². The number of unbranched alkanes of at least 4 members (excludes halogenated alkanes) is 2. The molecule has 1 fully saturated rings. The largest absolute Gasteiger partial charge is 0.300 e. The monoisotopic (exact) mass is 322 g/mol. The average molecular weight is 322 g/mol. The molecule has 2 heteroatoms. The normalized spacial score (nSPS) is 15.6. The zero-order valence-electron chi connectivity index (χ0n) is 14.9. The van der Waals surface area contributed by atoms with E-state index in [0.717, 1.165) is 13.1 Å². The summed E-state index contributed by atoms with van der Waals surface area (Å²) in [6.45, 7) is 8.09. The highest BCUT2D eigenvalue weighted by molar-refractivity contribution is 5.17. The van der Waals surface area contributed by atoms with Crippen molar-refractivity contribution in [1.82, 2.24) is 9.80 Å². The molecule has 128 valence electrons. The summed E-state index contributed by atoms with van der Waals surface area (Å²) in [7, 11) is 0. The van der Waals surface area contributed by atoms with Crippen LogP contribution in [0.5, 0.6) is 0 Å². The second kappa shape index (κ2) is 9.00. The first kappa shape index (κ1) is 17.2. The first-order valence-corrected chi connectivity index (χ1v) is 9.39. The Morgan fingerprint density at radius 2 is 1.38 bits per heavy atom. The highest BCUT2D eigenvalue weighted by atomic mass is 15.3. The van der Waals surface area contributed by atoms with Crippen molar-refractivity contribution >= 4 is 0 Å². The Morgan fingerprint density at radius 3 is 1.88 bits per heavy atom. The van der Waals surface area contributed by atoms with Crippen LogP contribution >= 0.6 is 0 Å². The van der Waals surface area contributed by atoms with Gasteiger partial charge in [-0.1, -0.05) is 80.4 Å². The molecule has 0 saturated carbocycles. The molecule has 1 aliphatic heterocycles. The van der Waals surface area contributed by atoms with Crippen molar-refractivity contribution in [2.45, 2.75) is 45.3 Å². The minimum atomic E-state index is 0.687. The summed E-state index contributed by atoms with van der Waals surface area (Å²) < 4.78 is 0. The Labute approximate surface area is 147 Å². The van der Waals surface area contributed by atoms with Gasteiger partial charge in [-0.05, 0) is 24.1 Å². The molecule has 0 aliphatic carbocycles. The van der Waals surface area contributed by atoms with E-state index in [1.54, 1.807) is 0 Å². The van der Waals surface area contributed by atoms with Gasteiger partial charge in [-0.3, -0.25) is 4.90 Å². The molecule has 0 spiro atoms. The topological polar surface area (TPSA) is 6.48 Å². The number of likely N-dealkylation sites (tertiary alicyclic amines) is 1. The van der Waals surface area contributed by atoms with Crippen LogP contribution in [0.2, 0.25) is 0 Å². The van der Waals surface area contributed by atoms with Gasteiger partial charge < -0.3 is 4.90 Å². The van der Waals surface area contributed by atoms with Crippen LogP contribution in [0, 0.1) is 0 Å². The Hall–Kier alpha value is -1.64. The van der Waals surface area contributed by atoms with E-state index in [4.69, 9.17) is 0 Å². The summed E-state index contributed by atoms with van der Waals surface area (Å²) in [6, 6.07) is 22.5. The molecule has 3 rings (SSSR count). The Balaban J connectivity index is 1.58. The summed E-state index contributed by atoms with van der Waals surface area (Å²) in [5.74, 6) is 0. The van der Waals surface area contributed by atoms with Crippen molar-refractivity contribution in [2.24, 2.45) is 0 Å². The van der Waals surface area contributed by atoms with Gasteiger partial charge in [0.25, 0.3) is 0 Å². The van der Waals surface area contributed by atoms with Gasteiger partial charge in [-0.15, -0.1) is 0 Å². The maximum Gasteiger partial charge on any atom is 0.0357 e. The highest BCUT2D eigenvalue weighted by Crippen LogP contribution is 2.21. The number of hydrogen-bond donors (Lipinski definition) is 0. The summed E-state index contributed by atoms with van der Waals surface area (Å²) in [5.41, 5.74) is 2.83. The van der Waals surface area contributed by atoms with Crippen molar-refractivity contribution in [1.29, 1.82) is 0 Å². The van der Waals surface area contributed by atoms with Crippen molar-refractivity contribution in [3.05, 3.63) is 71.8 Å². The SMILES string of the molecule is CCCCCN1CC(N(Cc2ccccc2)Cc2ccccc2)C1. The van der Waals surface area contributed by atoms with E-state index in [0.29, 0.717) is 6.04 Å². The maximum atomic E-state index is 2.65. The van der Waals surface area contributed by atoms with Crippen LogP contribution < -0.4 is 0 Å². The second-order valence-corrected chi connectivity index (χ2v) is 7.00.